The van der Waals surface area contributed by atoms with Crippen molar-refractivity contribution in [2.45, 2.75) is 46.3 Å². The first kappa shape index (κ1) is 20.6. The lowest BCUT2D eigenvalue weighted by Gasteiger charge is -2.11. The lowest BCUT2D eigenvalue weighted by molar-refractivity contribution is -0.148. The van der Waals surface area contributed by atoms with Gasteiger partial charge >= 0.3 is 5.97 Å². The second-order valence-electron chi connectivity index (χ2n) is 7.37. The summed E-state index contributed by atoms with van der Waals surface area (Å²) in [5.41, 5.74) is 3.53. The second kappa shape index (κ2) is 9.37. The van der Waals surface area contributed by atoms with E-state index in [1.807, 2.05) is 73.9 Å². The van der Waals surface area contributed by atoms with Gasteiger partial charge in [0, 0.05) is 18.5 Å². The molecule has 152 valence electrons. The highest BCUT2D eigenvalue weighted by molar-refractivity contribution is 5.94. The fourth-order valence-corrected chi connectivity index (χ4v) is 3.18. The molecule has 1 amide bonds. The largest absolute Gasteiger partial charge is 0.462 e. The minimum Gasteiger partial charge on any atom is -0.462 e. The van der Waals surface area contributed by atoms with E-state index in [-0.39, 0.29) is 24.5 Å². The van der Waals surface area contributed by atoms with E-state index in [1.54, 1.807) is 0 Å². The summed E-state index contributed by atoms with van der Waals surface area (Å²) in [6, 6.07) is 15.2. The number of carbonyl (C=O) groups excluding carboxylic acids is 2. The smallest absolute Gasteiger partial charge is 0.326 e. The Labute approximate surface area is 170 Å². The van der Waals surface area contributed by atoms with Crippen molar-refractivity contribution in [2.24, 2.45) is 0 Å². The average Bonchev–Trinajstić information content (AvgIpc) is 3.02. The topological polar surface area (TPSA) is 73.2 Å². The molecular weight excluding hydrogens is 366 g/mol. The predicted octanol–water partition coefficient (Wildman–Crippen LogP) is 3.66. The van der Waals surface area contributed by atoms with E-state index in [1.165, 1.54) is 0 Å². The molecule has 0 aliphatic heterocycles. The molecule has 0 fully saturated rings. The Balaban J connectivity index is 1.63. The van der Waals surface area contributed by atoms with E-state index in [9.17, 15) is 9.59 Å². The highest BCUT2D eigenvalue weighted by Gasteiger charge is 2.15. The highest BCUT2D eigenvalue weighted by atomic mass is 16.5. The van der Waals surface area contributed by atoms with Gasteiger partial charge in [0.05, 0.1) is 17.1 Å². The molecule has 0 radical (unpaired) electrons. The van der Waals surface area contributed by atoms with Gasteiger partial charge in [-0.3, -0.25) is 9.59 Å². The lowest BCUT2D eigenvalue weighted by atomic mass is 10.1. The number of aryl methyl sites for hydroxylation is 2. The van der Waals surface area contributed by atoms with Crippen molar-refractivity contribution in [3.8, 4) is 0 Å². The maximum atomic E-state index is 12.2. The summed E-state index contributed by atoms with van der Waals surface area (Å²) in [7, 11) is 0. The standard InChI is InChI=1S/C23H27N3O3/c1-16(2)29-22(27)15-26-20-8-5-4-7-19(20)25-21(26)9-6-14-24-23(28)18-12-10-17(3)11-13-18/h4-5,7-8,10-13,16H,6,9,14-15H2,1-3H3,(H,24,28). The predicted molar refractivity (Wildman–Crippen MR) is 113 cm³/mol. The molecule has 0 atom stereocenters. The first-order valence-electron chi connectivity index (χ1n) is 9.92. The number of nitrogens with zero attached hydrogens (tertiary/aromatic N) is 2. The lowest BCUT2D eigenvalue weighted by Crippen LogP contribution is -2.25. The Morgan fingerprint density at radius 1 is 1.10 bits per heavy atom. The number of fused-ring (bicyclic) bond motifs is 1. The second-order valence-corrected chi connectivity index (χ2v) is 7.37. The average molecular weight is 393 g/mol. The molecule has 0 aliphatic rings. The number of amides is 1. The van der Waals surface area contributed by atoms with E-state index in [0.717, 1.165) is 28.8 Å². The molecule has 3 aromatic rings. The number of para-hydroxylation sites is 2. The quantitative estimate of drug-likeness (QED) is 0.468. The van der Waals surface area contributed by atoms with Gasteiger partial charge in [-0.25, -0.2) is 4.98 Å². The normalized spacial score (nSPS) is 11.0. The number of hydrogen-bond acceptors (Lipinski definition) is 4. The molecule has 0 aliphatic carbocycles. The summed E-state index contributed by atoms with van der Waals surface area (Å²) in [4.78, 5) is 29.1. The van der Waals surface area contributed by atoms with Gasteiger partial charge < -0.3 is 14.6 Å². The first-order valence-corrected chi connectivity index (χ1v) is 9.92. The third-order valence-corrected chi connectivity index (χ3v) is 4.56. The number of hydrogen-bond donors (Lipinski definition) is 1. The molecule has 0 saturated carbocycles. The molecule has 1 N–H and O–H groups in total. The maximum Gasteiger partial charge on any atom is 0.326 e. The third kappa shape index (κ3) is 5.44. The molecule has 0 bridgehead atoms. The van der Waals surface area contributed by atoms with Gasteiger partial charge in [-0.05, 0) is 51.5 Å². The fourth-order valence-electron chi connectivity index (χ4n) is 3.18. The summed E-state index contributed by atoms with van der Waals surface area (Å²) in [5, 5.41) is 2.94. The van der Waals surface area contributed by atoms with Crippen LogP contribution in [0.15, 0.2) is 48.5 Å². The van der Waals surface area contributed by atoms with Crippen LogP contribution in [0.3, 0.4) is 0 Å². The molecule has 1 heterocycles. The van der Waals surface area contributed by atoms with E-state index in [0.29, 0.717) is 18.5 Å². The van der Waals surface area contributed by atoms with E-state index >= 15 is 0 Å². The zero-order valence-electron chi connectivity index (χ0n) is 17.1. The highest BCUT2D eigenvalue weighted by Crippen LogP contribution is 2.17. The minimum absolute atomic E-state index is 0.0842. The Morgan fingerprint density at radius 2 is 1.83 bits per heavy atom. The Hall–Kier alpha value is -3.15. The number of carbonyl (C=O) groups is 2. The molecule has 1 aromatic heterocycles. The van der Waals surface area contributed by atoms with E-state index in [2.05, 4.69) is 10.3 Å². The number of esters is 1. The molecule has 29 heavy (non-hydrogen) atoms. The molecule has 0 spiro atoms. The zero-order chi connectivity index (χ0) is 20.8. The number of rotatable bonds is 8. The number of aromatic nitrogens is 2. The van der Waals surface area contributed by atoms with Crippen molar-refractivity contribution >= 4 is 22.9 Å². The zero-order valence-corrected chi connectivity index (χ0v) is 17.1. The summed E-state index contributed by atoms with van der Waals surface area (Å²) < 4.78 is 7.20. The molecule has 0 saturated heterocycles. The maximum absolute atomic E-state index is 12.2. The number of benzene rings is 2. The van der Waals surface area contributed by atoms with Gasteiger partial charge in [0.1, 0.15) is 12.4 Å². The van der Waals surface area contributed by atoms with Crippen molar-refractivity contribution < 1.29 is 14.3 Å². The summed E-state index contributed by atoms with van der Waals surface area (Å²) in [6.07, 6.45) is 1.22. The third-order valence-electron chi connectivity index (χ3n) is 4.56. The van der Waals surface area contributed by atoms with Crippen LogP contribution < -0.4 is 5.32 Å². The van der Waals surface area contributed by atoms with Crippen LogP contribution in [0.5, 0.6) is 0 Å². The van der Waals surface area contributed by atoms with Crippen LogP contribution >= 0.6 is 0 Å². The van der Waals surface area contributed by atoms with E-state index < -0.39 is 0 Å². The van der Waals surface area contributed by atoms with Crippen LogP contribution in [-0.4, -0.2) is 34.1 Å². The number of ether oxygens (including phenoxy) is 1. The molecule has 2 aromatic carbocycles. The minimum atomic E-state index is -0.280. The van der Waals surface area contributed by atoms with Crippen LogP contribution in [0.2, 0.25) is 0 Å². The van der Waals surface area contributed by atoms with Crippen molar-refractivity contribution in [3.63, 3.8) is 0 Å². The summed E-state index contributed by atoms with van der Waals surface area (Å²) >= 11 is 0. The van der Waals surface area contributed by atoms with Gasteiger partial charge in [0.15, 0.2) is 0 Å². The van der Waals surface area contributed by atoms with E-state index in [4.69, 9.17) is 4.74 Å². The van der Waals surface area contributed by atoms with Gasteiger partial charge in [-0.15, -0.1) is 0 Å². The number of nitrogens with one attached hydrogen (secondary N) is 1. The van der Waals surface area contributed by atoms with Gasteiger partial charge in [-0.2, -0.15) is 0 Å². The van der Waals surface area contributed by atoms with Gasteiger partial charge in [0.25, 0.3) is 5.91 Å². The van der Waals surface area contributed by atoms with Crippen LogP contribution in [0.25, 0.3) is 11.0 Å². The van der Waals surface area contributed by atoms with Crippen LogP contribution in [0, 0.1) is 6.92 Å². The van der Waals surface area contributed by atoms with Crippen molar-refractivity contribution in [1.82, 2.24) is 14.9 Å². The Kier molecular flexibility index (Phi) is 6.65. The molecule has 6 heteroatoms. The van der Waals surface area contributed by atoms with Crippen molar-refractivity contribution in [2.75, 3.05) is 6.54 Å². The van der Waals surface area contributed by atoms with Crippen molar-refractivity contribution in [3.05, 3.63) is 65.5 Å². The molecule has 0 unspecified atom stereocenters. The van der Waals surface area contributed by atoms with Gasteiger partial charge in [-0.1, -0.05) is 29.8 Å². The number of imidazole rings is 1. The first-order chi connectivity index (χ1) is 13.9. The van der Waals surface area contributed by atoms with Crippen molar-refractivity contribution in [1.29, 1.82) is 0 Å². The monoisotopic (exact) mass is 393 g/mol. The van der Waals surface area contributed by atoms with Crippen LogP contribution in [-0.2, 0) is 22.5 Å². The Morgan fingerprint density at radius 3 is 2.55 bits per heavy atom. The molecule has 3 rings (SSSR count). The molecular formula is C23H27N3O3. The molecule has 6 nitrogen and oxygen atoms in total. The summed E-state index contributed by atoms with van der Waals surface area (Å²) in [5.74, 6) is 0.451. The fraction of sp³-hybridized carbons (Fsp3) is 0.348. The van der Waals surface area contributed by atoms with Crippen LogP contribution in [0.1, 0.15) is 42.0 Å². The Bertz CT molecular complexity index is 990. The van der Waals surface area contributed by atoms with Crippen LogP contribution in [0.4, 0.5) is 0 Å². The summed E-state index contributed by atoms with van der Waals surface area (Å²) in [6.45, 7) is 6.32. The SMILES string of the molecule is Cc1ccc(C(=O)NCCCc2nc3ccccc3n2CC(=O)OC(C)C)cc1. The van der Waals surface area contributed by atoms with Gasteiger partial charge in [0.2, 0.25) is 0 Å².